The van der Waals surface area contributed by atoms with Crippen molar-refractivity contribution in [3.05, 3.63) is 22.8 Å². The van der Waals surface area contributed by atoms with Gasteiger partial charge in [0.25, 0.3) is 0 Å². The molecule has 1 nitrogen and oxygen atoms in total. The Morgan fingerprint density at radius 1 is 0.762 bits per heavy atom. The zero-order chi connectivity index (χ0) is 15.1. The Hall–Kier alpha value is -0.980. The molecule has 2 rings (SSSR count). The number of fused-ring (bicyclic) bond motifs is 1. The maximum atomic E-state index is 5.49. The van der Waals surface area contributed by atoms with Crippen LogP contribution in [0.2, 0.25) is 0 Å². The molecule has 0 radical (unpaired) electrons. The third-order valence-corrected chi connectivity index (χ3v) is 4.88. The molecule has 1 aliphatic heterocycles. The predicted octanol–water partition coefficient (Wildman–Crippen LogP) is 6.87. The van der Waals surface area contributed by atoms with E-state index in [0.29, 0.717) is 0 Å². The second kappa shape index (κ2) is 8.46. The Morgan fingerprint density at radius 3 is 1.95 bits per heavy atom. The summed E-state index contributed by atoms with van der Waals surface area (Å²) in [6, 6.07) is 2.26. The standard InChI is InChI=1S/C20H32O/c1-4-5-6-7-8-9-10-11-12-13-14-18-15-19-20(21-19)17(3)16(18)2/h15H,4-14H2,1-3H3. The third-order valence-electron chi connectivity index (χ3n) is 4.88. The van der Waals surface area contributed by atoms with Crippen molar-refractivity contribution in [3.8, 4) is 11.5 Å². The first-order valence-electron chi connectivity index (χ1n) is 9.05. The van der Waals surface area contributed by atoms with Crippen LogP contribution >= 0.6 is 0 Å². The minimum Gasteiger partial charge on any atom is -0.449 e. The van der Waals surface area contributed by atoms with Gasteiger partial charge in [-0.2, -0.15) is 0 Å². The number of ether oxygens (including phenoxy) is 1. The highest BCUT2D eigenvalue weighted by Crippen LogP contribution is 2.50. The maximum Gasteiger partial charge on any atom is 0.173 e. The molecule has 1 aromatic rings. The summed E-state index contributed by atoms with van der Waals surface area (Å²) in [4.78, 5) is 0. The van der Waals surface area contributed by atoms with Crippen LogP contribution in [0.15, 0.2) is 6.07 Å². The zero-order valence-electron chi connectivity index (χ0n) is 14.3. The molecule has 1 heteroatoms. The van der Waals surface area contributed by atoms with Crippen LogP contribution in [-0.4, -0.2) is 0 Å². The first-order valence-corrected chi connectivity index (χ1v) is 9.05. The Kier molecular flexibility index (Phi) is 6.60. The van der Waals surface area contributed by atoms with Crippen LogP contribution in [0.5, 0.6) is 11.5 Å². The van der Waals surface area contributed by atoms with Crippen LogP contribution in [0.25, 0.3) is 0 Å². The minimum atomic E-state index is 1.13. The normalized spacial score (nSPS) is 12.1. The average Bonchev–Trinajstić information content (AvgIpc) is 3.25. The van der Waals surface area contributed by atoms with Gasteiger partial charge in [-0.25, -0.2) is 0 Å². The number of benzene rings is 1. The fourth-order valence-corrected chi connectivity index (χ4v) is 3.18. The van der Waals surface area contributed by atoms with Gasteiger partial charge in [-0.15, -0.1) is 0 Å². The lowest BCUT2D eigenvalue weighted by atomic mass is 9.98. The molecule has 0 unspecified atom stereocenters. The molecule has 1 heterocycles. The molecule has 0 aromatic heterocycles. The largest absolute Gasteiger partial charge is 0.449 e. The number of hydrogen-bond acceptors (Lipinski definition) is 1. The van der Waals surface area contributed by atoms with E-state index in [1.807, 2.05) is 0 Å². The van der Waals surface area contributed by atoms with Crippen molar-refractivity contribution < 1.29 is 4.74 Å². The van der Waals surface area contributed by atoms with E-state index in [9.17, 15) is 0 Å². The molecule has 1 aromatic carbocycles. The lowest BCUT2D eigenvalue weighted by Crippen LogP contribution is -1.91. The minimum absolute atomic E-state index is 1.13. The molecule has 0 spiro atoms. The highest BCUT2D eigenvalue weighted by atomic mass is 16.6. The van der Waals surface area contributed by atoms with E-state index in [0.717, 1.165) is 11.5 Å². The van der Waals surface area contributed by atoms with Gasteiger partial charge in [0, 0.05) is 0 Å². The van der Waals surface area contributed by atoms with Crippen molar-refractivity contribution in [1.82, 2.24) is 0 Å². The van der Waals surface area contributed by atoms with E-state index in [2.05, 4.69) is 26.8 Å². The molecular weight excluding hydrogens is 256 g/mol. The molecule has 0 amide bonds. The molecule has 21 heavy (non-hydrogen) atoms. The Labute approximate surface area is 131 Å². The van der Waals surface area contributed by atoms with Gasteiger partial charge in [-0.1, -0.05) is 64.7 Å². The molecule has 118 valence electrons. The van der Waals surface area contributed by atoms with Gasteiger partial charge >= 0.3 is 0 Å². The smallest absolute Gasteiger partial charge is 0.173 e. The summed E-state index contributed by atoms with van der Waals surface area (Å²) >= 11 is 0. The molecule has 0 atom stereocenters. The molecule has 1 aliphatic rings. The summed E-state index contributed by atoms with van der Waals surface area (Å²) in [5, 5.41) is 0. The first kappa shape index (κ1) is 16.4. The van der Waals surface area contributed by atoms with Crippen molar-refractivity contribution in [2.24, 2.45) is 0 Å². The lowest BCUT2D eigenvalue weighted by Gasteiger charge is -2.06. The fraction of sp³-hybridized carbons (Fsp3) is 0.700. The van der Waals surface area contributed by atoms with Crippen molar-refractivity contribution in [2.75, 3.05) is 0 Å². The fourth-order valence-electron chi connectivity index (χ4n) is 3.18. The monoisotopic (exact) mass is 288 g/mol. The van der Waals surface area contributed by atoms with Crippen molar-refractivity contribution in [3.63, 3.8) is 0 Å². The summed E-state index contributed by atoms with van der Waals surface area (Å²) < 4.78 is 5.49. The van der Waals surface area contributed by atoms with Gasteiger partial charge in [-0.05, 0) is 49.4 Å². The van der Waals surface area contributed by atoms with Gasteiger partial charge in [0.15, 0.2) is 11.5 Å². The van der Waals surface area contributed by atoms with E-state index < -0.39 is 0 Å². The first-order chi connectivity index (χ1) is 10.2. The van der Waals surface area contributed by atoms with Crippen molar-refractivity contribution in [1.29, 1.82) is 0 Å². The Morgan fingerprint density at radius 2 is 1.33 bits per heavy atom. The van der Waals surface area contributed by atoms with E-state index in [1.54, 1.807) is 0 Å². The van der Waals surface area contributed by atoms with Crippen LogP contribution in [0.1, 0.15) is 87.8 Å². The van der Waals surface area contributed by atoms with Gasteiger partial charge in [0.1, 0.15) is 0 Å². The summed E-state index contributed by atoms with van der Waals surface area (Å²) in [5.41, 5.74) is 4.31. The second-order valence-electron chi connectivity index (χ2n) is 6.65. The zero-order valence-corrected chi connectivity index (χ0v) is 14.3. The van der Waals surface area contributed by atoms with E-state index in [1.165, 1.54) is 87.3 Å². The van der Waals surface area contributed by atoms with E-state index in [4.69, 9.17) is 4.74 Å². The average molecular weight is 288 g/mol. The van der Waals surface area contributed by atoms with Crippen molar-refractivity contribution >= 4 is 0 Å². The van der Waals surface area contributed by atoms with Crippen LogP contribution in [0.3, 0.4) is 0 Å². The quantitative estimate of drug-likeness (QED) is 0.324. The predicted molar refractivity (Wildman–Crippen MR) is 91.5 cm³/mol. The molecule has 0 bridgehead atoms. The topological polar surface area (TPSA) is 12.5 Å². The highest BCUT2D eigenvalue weighted by molar-refractivity contribution is 5.63. The van der Waals surface area contributed by atoms with Crippen LogP contribution in [-0.2, 0) is 6.42 Å². The molecule has 0 N–H and O–H groups in total. The van der Waals surface area contributed by atoms with Crippen LogP contribution in [0, 0.1) is 13.8 Å². The van der Waals surface area contributed by atoms with Gasteiger partial charge in [0.05, 0.1) is 0 Å². The lowest BCUT2D eigenvalue weighted by molar-refractivity contribution is 0.556. The van der Waals surface area contributed by atoms with E-state index >= 15 is 0 Å². The molecule has 0 saturated heterocycles. The molecule has 0 aliphatic carbocycles. The summed E-state index contributed by atoms with van der Waals surface area (Å²) in [6.07, 6.45) is 15.3. The number of hydrogen-bond donors (Lipinski definition) is 0. The van der Waals surface area contributed by atoms with Crippen molar-refractivity contribution in [2.45, 2.75) is 91.4 Å². The SMILES string of the molecule is CCCCCCCCCCCCc1cc2c(c(C)c1C)O2. The van der Waals surface area contributed by atoms with Gasteiger partial charge < -0.3 is 4.74 Å². The van der Waals surface area contributed by atoms with Gasteiger partial charge in [-0.3, -0.25) is 0 Å². The Bertz CT molecular complexity index is 448. The molecular formula is C20H32O. The number of rotatable bonds is 11. The summed E-state index contributed by atoms with van der Waals surface area (Å²) in [6.45, 7) is 6.71. The summed E-state index contributed by atoms with van der Waals surface area (Å²) in [5.74, 6) is 2.26. The second-order valence-corrected chi connectivity index (χ2v) is 6.65. The summed E-state index contributed by atoms with van der Waals surface area (Å²) in [7, 11) is 0. The third kappa shape index (κ3) is 5.05. The van der Waals surface area contributed by atoms with Crippen LogP contribution in [0.4, 0.5) is 0 Å². The molecule has 0 fully saturated rings. The molecule has 0 saturated carbocycles. The van der Waals surface area contributed by atoms with Gasteiger partial charge in [0.2, 0.25) is 0 Å². The van der Waals surface area contributed by atoms with E-state index in [-0.39, 0.29) is 0 Å². The number of aryl methyl sites for hydroxylation is 1. The highest BCUT2D eigenvalue weighted by Gasteiger charge is 2.25. The maximum absolute atomic E-state index is 5.49. The van der Waals surface area contributed by atoms with Crippen LogP contribution < -0.4 is 4.74 Å². The Balaban J connectivity index is 1.51. The number of unbranched alkanes of at least 4 members (excludes halogenated alkanes) is 9.